The van der Waals surface area contributed by atoms with E-state index in [9.17, 15) is 5.11 Å². The van der Waals surface area contributed by atoms with Gasteiger partial charge in [0.25, 0.3) is 0 Å². The molecule has 0 saturated heterocycles. The van der Waals surface area contributed by atoms with Crippen LogP contribution in [0.4, 0.5) is 0 Å². The minimum atomic E-state index is -0.0897. The van der Waals surface area contributed by atoms with E-state index in [0.717, 1.165) is 11.8 Å². The summed E-state index contributed by atoms with van der Waals surface area (Å²) in [6, 6.07) is 0. The molecule has 1 heteroatoms. The highest BCUT2D eigenvalue weighted by atomic mass is 16.3. The predicted octanol–water partition coefficient (Wildman–Crippen LogP) is 3.22. The van der Waals surface area contributed by atoms with Gasteiger partial charge in [-0.05, 0) is 36.0 Å². The number of fused-ring (bicyclic) bond motifs is 1. The van der Waals surface area contributed by atoms with Gasteiger partial charge in [-0.3, -0.25) is 0 Å². The zero-order chi connectivity index (χ0) is 10.3. The first-order valence-corrected chi connectivity index (χ1v) is 6.16. The Labute approximate surface area is 87.9 Å². The van der Waals surface area contributed by atoms with Crippen LogP contribution in [0.5, 0.6) is 0 Å². The van der Waals surface area contributed by atoms with Gasteiger partial charge in [0.2, 0.25) is 0 Å². The highest BCUT2D eigenvalue weighted by Gasteiger charge is 2.42. The average Bonchev–Trinajstić information content (AvgIpc) is 2.58. The van der Waals surface area contributed by atoms with Crippen LogP contribution in [0.25, 0.3) is 0 Å². The van der Waals surface area contributed by atoms with Gasteiger partial charge in [-0.2, -0.15) is 0 Å². The van der Waals surface area contributed by atoms with Gasteiger partial charge < -0.3 is 5.11 Å². The van der Waals surface area contributed by atoms with Crippen molar-refractivity contribution in [2.45, 2.75) is 59.0 Å². The summed E-state index contributed by atoms with van der Waals surface area (Å²) >= 11 is 0. The van der Waals surface area contributed by atoms with E-state index in [1.54, 1.807) is 0 Å². The van der Waals surface area contributed by atoms with E-state index in [2.05, 4.69) is 20.8 Å². The lowest BCUT2D eigenvalue weighted by atomic mass is 9.80. The Kier molecular flexibility index (Phi) is 2.63. The van der Waals surface area contributed by atoms with E-state index in [1.807, 2.05) is 0 Å². The molecule has 0 radical (unpaired) electrons. The Bertz CT molecular complexity index is 192. The average molecular weight is 196 g/mol. The molecule has 0 aromatic heterocycles. The van der Waals surface area contributed by atoms with Crippen molar-refractivity contribution in [3.63, 3.8) is 0 Å². The van der Waals surface area contributed by atoms with Crippen LogP contribution in [-0.4, -0.2) is 11.2 Å². The summed E-state index contributed by atoms with van der Waals surface area (Å²) in [6.45, 7) is 6.48. The molecule has 1 nitrogen and oxygen atoms in total. The van der Waals surface area contributed by atoms with Gasteiger partial charge in [0.15, 0.2) is 0 Å². The van der Waals surface area contributed by atoms with Crippen molar-refractivity contribution in [1.29, 1.82) is 0 Å². The number of hydrogen-bond acceptors (Lipinski definition) is 1. The Morgan fingerprint density at radius 2 is 1.57 bits per heavy atom. The second-order valence-electron chi connectivity index (χ2n) is 6.49. The summed E-state index contributed by atoms with van der Waals surface area (Å²) in [6.07, 6.45) is 6.80. The van der Waals surface area contributed by atoms with Crippen molar-refractivity contribution >= 4 is 0 Å². The smallest absolute Gasteiger partial charge is 0.0616 e. The molecule has 2 aliphatic carbocycles. The highest BCUT2D eigenvalue weighted by Crippen LogP contribution is 2.49. The monoisotopic (exact) mass is 196 g/mol. The number of aliphatic hydroxyl groups is 1. The molecule has 0 heterocycles. The molecule has 1 unspecified atom stereocenters. The predicted molar refractivity (Wildman–Crippen MR) is 59.0 cm³/mol. The largest absolute Gasteiger partial charge is 0.392 e. The molecule has 0 spiro atoms. The van der Waals surface area contributed by atoms with E-state index in [4.69, 9.17) is 0 Å². The maximum absolute atomic E-state index is 10.2. The van der Waals surface area contributed by atoms with Gasteiger partial charge in [-0.25, -0.2) is 0 Å². The summed E-state index contributed by atoms with van der Waals surface area (Å²) in [4.78, 5) is 0. The van der Waals surface area contributed by atoms with E-state index < -0.39 is 0 Å². The molecule has 4 atom stereocenters. The summed E-state index contributed by atoms with van der Waals surface area (Å²) in [5.41, 5.74) is 0.0727. The van der Waals surface area contributed by atoms with Crippen LogP contribution in [0.15, 0.2) is 0 Å². The summed E-state index contributed by atoms with van der Waals surface area (Å²) in [5, 5.41) is 10.2. The second kappa shape index (κ2) is 3.52. The topological polar surface area (TPSA) is 20.2 Å². The molecule has 1 N–H and O–H groups in total. The zero-order valence-electron chi connectivity index (χ0n) is 9.79. The van der Waals surface area contributed by atoms with Crippen molar-refractivity contribution < 1.29 is 5.11 Å². The number of aliphatic hydroxyl groups excluding tert-OH is 1. The van der Waals surface area contributed by atoms with Gasteiger partial charge in [-0.15, -0.1) is 0 Å². The summed E-state index contributed by atoms with van der Waals surface area (Å²) < 4.78 is 0. The van der Waals surface area contributed by atoms with Crippen LogP contribution in [0, 0.1) is 23.2 Å². The fraction of sp³-hybridized carbons (Fsp3) is 1.00. The van der Waals surface area contributed by atoms with Crippen LogP contribution < -0.4 is 0 Å². The van der Waals surface area contributed by atoms with E-state index in [0.29, 0.717) is 5.92 Å². The molecule has 0 amide bonds. The molecular weight excluding hydrogens is 172 g/mol. The van der Waals surface area contributed by atoms with Crippen LogP contribution in [-0.2, 0) is 0 Å². The van der Waals surface area contributed by atoms with Crippen molar-refractivity contribution in [2.24, 2.45) is 23.2 Å². The quantitative estimate of drug-likeness (QED) is 0.682. The first-order chi connectivity index (χ1) is 6.48. The van der Waals surface area contributed by atoms with Crippen LogP contribution in [0.3, 0.4) is 0 Å². The van der Waals surface area contributed by atoms with Gasteiger partial charge in [0, 0.05) is 0 Å². The molecule has 2 fully saturated rings. The van der Waals surface area contributed by atoms with Crippen LogP contribution in [0.1, 0.15) is 52.9 Å². The second-order valence-corrected chi connectivity index (χ2v) is 6.49. The molecule has 2 aliphatic rings. The zero-order valence-corrected chi connectivity index (χ0v) is 9.79. The Morgan fingerprint density at radius 3 is 2.00 bits per heavy atom. The molecule has 2 saturated carbocycles. The van der Waals surface area contributed by atoms with Gasteiger partial charge in [-0.1, -0.05) is 40.0 Å². The summed E-state index contributed by atoms with van der Waals surface area (Å²) in [5.74, 6) is 2.50. The third-order valence-corrected chi connectivity index (χ3v) is 4.36. The van der Waals surface area contributed by atoms with Crippen molar-refractivity contribution in [2.75, 3.05) is 0 Å². The van der Waals surface area contributed by atoms with Crippen LogP contribution in [0.2, 0.25) is 0 Å². The highest BCUT2D eigenvalue weighted by molar-refractivity contribution is 4.93. The van der Waals surface area contributed by atoms with Gasteiger partial charge in [0.1, 0.15) is 0 Å². The SMILES string of the molecule is CC(C)(C)[C@@H](O)C1C[C@H]2CCC[C@H]2C1. The lowest BCUT2D eigenvalue weighted by Crippen LogP contribution is -2.32. The minimum absolute atomic E-state index is 0.0727. The van der Waals surface area contributed by atoms with Crippen molar-refractivity contribution in [3.05, 3.63) is 0 Å². The molecule has 2 rings (SSSR count). The molecule has 82 valence electrons. The van der Waals surface area contributed by atoms with E-state index >= 15 is 0 Å². The lowest BCUT2D eigenvalue weighted by molar-refractivity contribution is 0.0110. The molecular formula is C13H24O. The molecule has 0 aromatic rings. The van der Waals surface area contributed by atoms with E-state index in [1.165, 1.54) is 32.1 Å². The minimum Gasteiger partial charge on any atom is -0.392 e. The van der Waals surface area contributed by atoms with Gasteiger partial charge in [0.05, 0.1) is 6.10 Å². The molecule has 0 aromatic carbocycles. The standard InChI is InChI=1S/C13H24O/c1-13(2,3)12(14)11-7-9-5-4-6-10(9)8-11/h9-12,14H,4-8H2,1-3H3/t9-,10+,11?,12-/m0/s1. The first-order valence-electron chi connectivity index (χ1n) is 6.16. The molecule has 0 aliphatic heterocycles. The fourth-order valence-corrected chi connectivity index (χ4v) is 3.57. The maximum Gasteiger partial charge on any atom is 0.0616 e. The lowest BCUT2D eigenvalue weighted by Gasteiger charge is -2.31. The van der Waals surface area contributed by atoms with E-state index in [-0.39, 0.29) is 11.5 Å². The van der Waals surface area contributed by atoms with Crippen molar-refractivity contribution in [1.82, 2.24) is 0 Å². The van der Waals surface area contributed by atoms with Gasteiger partial charge >= 0.3 is 0 Å². The first kappa shape index (κ1) is 10.5. The number of rotatable bonds is 1. The molecule has 14 heavy (non-hydrogen) atoms. The maximum atomic E-state index is 10.2. The summed E-state index contributed by atoms with van der Waals surface area (Å²) in [7, 11) is 0. The molecule has 0 bridgehead atoms. The Morgan fingerprint density at radius 1 is 1.07 bits per heavy atom. The third-order valence-electron chi connectivity index (χ3n) is 4.36. The number of hydrogen-bond donors (Lipinski definition) is 1. The third kappa shape index (κ3) is 1.84. The fourth-order valence-electron chi connectivity index (χ4n) is 3.57. The van der Waals surface area contributed by atoms with Crippen molar-refractivity contribution in [3.8, 4) is 0 Å². The Balaban J connectivity index is 1.96. The Hall–Kier alpha value is -0.0400. The normalized spacial score (nSPS) is 39.9. The van der Waals surface area contributed by atoms with Crippen LogP contribution >= 0.6 is 0 Å².